The molecular weight excluding hydrogens is 154 g/mol. The Kier molecular flexibility index (Phi) is 1.99. The molecule has 2 N–H and O–H groups in total. The molecular formula is C8H13N3O. The van der Waals surface area contributed by atoms with Crippen LogP contribution in [-0.4, -0.2) is 22.5 Å². The highest BCUT2D eigenvalue weighted by atomic mass is 16.5. The van der Waals surface area contributed by atoms with Crippen LogP contribution >= 0.6 is 0 Å². The van der Waals surface area contributed by atoms with Gasteiger partial charge in [-0.25, -0.2) is 0 Å². The van der Waals surface area contributed by atoms with Crippen LogP contribution in [0, 0.1) is 0 Å². The van der Waals surface area contributed by atoms with Crippen LogP contribution in [-0.2, 0) is 11.3 Å². The number of ether oxygens (including phenoxy) is 1. The molecule has 4 nitrogen and oxygen atoms in total. The van der Waals surface area contributed by atoms with Gasteiger partial charge in [0.1, 0.15) is 0 Å². The summed E-state index contributed by atoms with van der Waals surface area (Å²) < 4.78 is 7.27. The van der Waals surface area contributed by atoms with Crippen molar-refractivity contribution in [3.8, 4) is 0 Å². The van der Waals surface area contributed by atoms with Gasteiger partial charge in [-0.05, 0) is 12.8 Å². The summed E-state index contributed by atoms with van der Waals surface area (Å²) >= 11 is 0. The van der Waals surface area contributed by atoms with Crippen LogP contribution in [0.4, 0.5) is 5.69 Å². The van der Waals surface area contributed by atoms with Crippen LogP contribution in [0.25, 0.3) is 0 Å². The minimum atomic E-state index is 0.526. The number of anilines is 1. The molecule has 1 heterocycles. The van der Waals surface area contributed by atoms with Crippen LogP contribution in [0.5, 0.6) is 0 Å². The number of hydrogen-bond donors (Lipinski definition) is 1. The first kappa shape index (κ1) is 7.61. The van der Waals surface area contributed by atoms with E-state index in [0.29, 0.717) is 11.8 Å². The van der Waals surface area contributed by atoms with Gasteiger partial charge >= 0.3 is 0 Å². The molecule has 1 aliphatic rings. The van der Waals surface area contributed by atoms with E-state index in [1.807, 2.05) is 6.20 Å². The third-order valence-corrected chi connectivity index (χ3v) is 1.85. The van der Waals surface area contributed by atoms with Gasteiger partial charge in [0.25, 0.3) is 0 Å². The molecule has 4 heteroatoms. The molecule has 12 heavy (non-hydrogen) atoms. The van der Waals surface area contributed by atoms with E-state index in [-0.39, 0.29) is 0 Å². The van der Waals surface area contributed by atoms with Gasteiger partial charge in [0.15, 0.2) is 0 Å². The predicted molar refractivity (Wildman–Crippen MR) is 45.6 cm³/mol. The Morgan fingerprint density at radius 2 is 2.50 bits per heavy atom. The Labute approximate surface area is 71.3 Å². The number of rotatable bonds is 4. The normalized spacial score (nSPS) is 16.7. The average Bonchev–Trinajstić information content (AvgIpc) is 2.76. The molecule has 0 amide bonds. The number of hydrogen-bond acceptors (Lipinski definition) is 3. The maximum Gasteiger partial charge on any atom is 0.0719 e. The Balaban J connectivity index is 1.71. The number of aromatic nitrogens is 2. The summed E-state index contributed by atoms with van der Waals surface area (Å²) in [6.07, 6.45) is 6.44. The van der Waals surface area contributed by atoms with Crippen molar-refractivity contribution in [3.05, 3.63) is 12.4 Å². The molecule has 1 aromatic rings. The van der Waals surface area contributed by atoms with E-state index in [2.05, 4.69) is 5.10 Å². The highest BCUT2D eigenvalue weighted by Gasteiger charge is 2.21. The van der Waals surface area contributed by atoms with Gasteiger partial charge < -0.3 is 10.5 Å². The van der Waals surface area contributed by atoms with E-state index >= 15 is 0 Å². The number of nitrogens with two attached hydrogens (primary N) is 1. The summed E-state index contributed by atoms with van der Waals surface area (Å²) in [6, 6.07) is 0. The molecule has 0 spiro atoms. The molecule has 0 bridgehead atoms. The number of nitrogens with zero attached hydrogens (tertiary/aromatic N) is 2. The first-order valence-electron chi connectivity index (χ1n) is 4.24. The van der Waals surface area contributed by atoms with Gasteiger partial charge in [-0.1, -0.05) is 0 Å². The summed E-state index contributed by atoms with van der Waals surface area (Å²) in [5.74, 6) is 0. The summed E-state index contributed by atoms with van der Waals surface area (Å²) in [6.45, 7) is 1.54. The lowest BCUT2D eigenvalue weighted by molar-refractivity contribution is 0.110. The SMILES string of the molecule is Nc1cnn(CCOC2CC2)c1. The first-order chi connectivity index (χ1) is 5.84. The Bertz CT molecular complexity index is 255. The summed E-state index contributed by atoms with van der Waals surface area (Å²) in [4.78, 5) is 0. The van der Waals surface area contributed by atoms with Gasteiger partial charge in [-0.15, -0.1) is 0 Å². The van der Waals surface area contributed by atoms with Crippen LogP contribution < -0.4 is 5.73 Å². The lowest BCUT2D eigenvalue weighted by atomic mass is 10.6. The third kappa shape index (κ3) is 1.98. The molecule has 0 saturated heterocycles. The molecule has 0 atom stereocenters. The van der Waals surface area contributed by atoms with E-state index in [0.717, 1.165) is 13.2 Å². The Morgan fingerprint density at radius 1 is 1.67 bits per heavy atom. The van der Waals surface area contributed by atoms with Crippen molar-refractivity contribution in [2.24, 2.45) is 0 Å². The second kappa shape index (κ2) is 3.15. The highest BCUT2D eigenvalue weighted by molar-refractivity contribution is 5.30. The zero-order valence-electron chi connectivity index (χ0n) is 6.94. The van der Waals surface area contributed by atoms with E-state index in [9.17, 15) is 0 Å². The molecule has 66 valence electrons. The topological polar surface area (TPSA) is 53.1 Å². The Morgan fingerprint density at radius 3 is 3.08 bits per heavy atom. The quantitative estimate of drug-likeness (QED) is 0.716. The molecule has 0 aromatic carbocycles. The van der Waals surface area contributed by atoms with Crippen LogP contribution in [0.3, 0.4) is 0 Å². The monoisotopic (exact) mass is 167 g/mol. The van der Waals surface area contributed by atoms with Gasteiger partial charge in [-0.2, -0.15) is 5.10 Å². The molecule has 0 radical (unpaired) electrons. The minimum absolute atomic E-state index is 0.526. The molecule has 1 fully saturated rings. The van der Waals surface area contributed by atoms with Gasteiger partial charge in [0.05, 0.1) is 31.1 Å². The molecule has 2 rings (SSSR count). The lowest BCUT2D eigenvalue weighted by Gasteiger charge is -2.01. The van der Waals surface area contributed by atoms with Crippen molar-refractivity contribution >= 4 is 5.69 Å². The molecule has 1 aromatic heterocycles. The minimum Gasteiger partial charge on any atom is -0.396 e. The third-order valence-electron chi connectivity index (χ3n) is 1.85. The fourth-order valence-electron chi connectivity index (χ4n) is 1.05. The van der Waals surface area contributed by atoms with Crippen LogP contribution in [0.2, 0.25) is 0 Å². The summed E-state index contributed by atoms with van der Waals surface area (Å²) in [7, 11) is 0. The molecule has 0 unspecified atom stereocenters. The van der Waals surface area contributed by atoms with Crippen LogP contribution in [0.1, 0.15) is 12.8 Å². The second-order valence-corrected chi connectivity index (χ2v) is 3.11. The highest BCUT2D eigenvalue weighted by Crippen LogP contribution is 2.23. The molecule has 0 aliphatic heterocycles. The first-order valence-corrected chi connectivity index (χ1v) is 4.24. The Hall–Kier alpha value is -1.03. The van der Waals surface area contributed by atoms with Crippen molar-refractivity contribution in [2.45, 2.75) is 25.5 Å². The summed E-state index contributed by atoms with van der Waals surface area (Å²) in [5.41, 5.74) is 6.21. The average molecular weight is 167 g/mol. The van der Waals surface area contributed by atoms with Crippen molar-refractivity contribution in [2.75, 3.05) is 12.3 Å². The van der Waals surface area contributed by atoms with E-state index in [4.69, 9.17) is 10.5 Å². The van der Waals surface area contributed by atoms with E-state index in [1.165, 1.54) is 12.8 Å². The van der Waals surface area contributed by atoms with E-state index in [1.54, 1.807) is 10.9 Å². The zero-order valence-corrected chi connectivity index (χ0v) is 6.94. The lowest BCUT2D eigenvalue weighted by Crippen LogP contribution is -2.07. The van der Waals surface area contributed by atoms with Crippen molar-refractivity contribution in [1.82, 2.24) is 9.78 Å². The van der Waals surface area contributed by atoms with Gasteiger partial charge in [0, 0.05) is 6.20 Å². The molecule has 1 saturated carbocycles. The van der Waals surface area contributed by atoms with Gasteiger partial charge in [0.2, 0.25) is 0 Å². The van der Waals surface area contributed by atoms with Crippen LogP contribution in [0.15, 0.2) is 12.4 Å². The summed E-state index contributed by atoms with van der Waals surface area (Å²) in [5, 5.41) is 4.04. The van der Waals surface area contributed by atoms with Crippen molar-refractivity contribution < 1.29 is 4.74 Å². The van der Waals surface area contributed by atoms with E-state index < -0.39 is 0 Å². The number of nitrogen functional groups attached to an aromatic ring is 1. The maximum atomic E-state index is 5.50. The van der Waals surface area contributed by atoms with Gasteiger partial charge in [-0.3, -0.25) is 4.68 Å². The smallest absolute Gasteiger partial charge is 0.0719 e. The van der Waals surface area contributed by atoms with Crippen molar-refractivity contribution in [3.63, 3.8) is 0 Å². The largest absolute Gasteiger partial charge is 0.396 e. The predicted octanol–water partition coefficient (Wildman–Crippen LogP) is 0.644. The maximum absolute atomic E-state index is 5.50. The van der Waals surface area contributed by atoms with Crippen molar-refractivity contribution in [1.29, 1.82) is 0 Å². The standard InChI is InChI=1S/C8H13N3O/c9-7-5-10-11(6-7)3-4-12-8-1-2-8/h5-6,8H,1-4,9H2. The fourth-order valence-corrected chi connectivity index (χ4v) is 1.05. The fraction of sp³-hybridized carbons (Fsp3) is 0.625. The molecule has 1 aliphatic carbocycles. The zero-order chi connectivity index (χ0) is 8.39. The second-order valence-electron chi connectivity index (χ2n) is 3.11.